The normalized spacial score (nSPS) is 10.2. The van der Waals surface area contributed by atoms with Crippen LogP contribution in [0.1, 0.15) is 17.3 Å². The first-order valence-electron chi connectivity index (χ1n) is 6.20. The van der Waals surface area contributed by atoms with E-state index in [2.05, 4.69) is 10.6 Å². The van der Waals surface area contributed by atoms with E-state index in [0.29, 0.717) is 0 Å². The number of nitrogens with one attached hydrogen (secondary N) is 2. The van der Waals surface area contributed by atoms with Crippen molar-refractivity contribution in [1.82, 2.24) is 0 Å². The largest absolute Gasteiger partial charge is 0.324 e. The van der Waals surface area contributed by atoms with Crippen LogP contribution in [0.5, 0.6) is 0 Å². The van der Waals surface area contributed by atoms with Crippen molar-refractivity contribution in [3.8, 4) is 0 Å². The molecule has 0 heterocycles. The molecule has 2 aromatic carbocycles. The summed E-state index contributed by atoms with van der Waals surface area (Å²) >= 11 is 5.80. The van der Waals surface area contributed by atoms with Gasteiger partial charge in [0.15, 0.2) is 0 Å². The Balaban J connectivity index is 2.23. The molecule has 0 aliphatic carbocycles. The van der Waals surface area contributed by atoms with E-state index in [9.17, 15) is 18.4 Å². The fraction of sp³-hybridized carbons (Fsp3) is 0.0667. The van der Waals surface area contributed by atoms with E-state index in [-0.39, 0.29) is 22.0 Å². The zero-order valence-corrected chi connectivity index (χ0v) is 12.2. The van der Waals surface area contributed by atoms with E-state index in [1.54, 1.807) is 0 Å². The lowest BCUT2D eigenvalue weighted by atomic mass is 10.2. The van der Waals surface area contributed by atoms with Crippen molar-refractivity contribution in [3.63, 3.8) is 0 Å². The fourth-order valence-electron chi connectivity index (χ4n) is 1.76. The predicted octanol–water partition coefficient (Wildman–Crippen LogP) is 3.83. The summed E-state index contributed by atoms with van der Waals surface area (Å²) in [5.41, 5.74) is 0.277. The molecule has 114 valence electrons. The Hall–Kier alpha value is -2.47. The summed E-state index contributed by atoms with van der Waals surface area (Å²) in [4.78, 5) is 23.0. The van der Waals surface area contributed by atoms with Gasteiger partial charge in [-0.3, -0.25) is 9.59 Å². The molecule has 7 heteroatoms. The third kappa shape index (κ3) is 3.79. The Kier molecular flexibility index (Phi) is 4.72. The summed E-state index contributed by atoms with van der Waals surface area (Å²) in [5.74, 6) is -2.21. The van der Waals surface area contributed by atoms with E-state index in [4.69, 9.17) is 11.6 Å². The first kappa shape index (κ1) is 15.9. The predicted molar refractivity (Wildman–Crippen MR) is 80.1 cm³/mol. The second-order valence-corrected chi connectivity index (χ2v) is 4.86. The van der Waals surface area contributed by atoms with Gasteiger partial charge in [-0.1, -0.05) is 11.6 Å². The third-order valence-electron chi connectivity index (χ3n) is 2.71. The highest BCUT2D eigenvalue weighted by atomic mass is 35.5. The summed E-state index contributed by atoms with van der Waals surface area (Å²) < 4.78 is 26.5. The molecule has 0 unspecified atom stereocenters. The van der Waals surface area contributed by atoms with Crippen LogP contribution >= 0.6 is 11.6 Å². The summed E-state index contributed by atoms with van der Waals surface area (Å²) in [7, 11) is 0. The molecule has 0 spiro atoms. The lowest BCUT2D eigenvalue weighted by Crippen LogP contribution is -2.13. The van der Waals surface area contributed by atoms with Crippen LogP contribution in [-0.4, -0.2) is 11.8 Å². The molecular formula is C15H11ClF2N2O2. The van der Waals surface area contributed by atoms with Crippen LogP contribution in [0.4, 0.5) is 20.2 Å². The molecule has 4 nitrogen and oxygen atoms in total. The molecule has 0 radical (unpaired) electrons. The average molecular weight is 325 g/mol. The minimum Gasteiger partial charge on any atom is -0.324 e. The first-order valence-corrected chi connectivity index (χ1v) is 6.58. The monoisotopic (exact) mass is 324 g/mol. The van der Waals surface area contributed by atoms with Gasteiger partial charge < -0.3 is 10.6 Å². The minimum atomic E-state index is -0.631. The maximum absolute atomic E-state index is 13.5. The van der Waals surface area contributed by atoms with Gasteiger partial charge in [-0.15, -0.1) is 0 Å². The number of hydrogen-bond acceptors (Lipinski definition) is 2. The molecule has 2 aromatic rings. The molecule has 2 N–H and O–H groups in total. The van der Waals surface area contributed by atoms with Crippen molar-refractivity contribution in [2.75, 3.05) is 10.6 Å². The molecule has 22 heavy (non-hydrogen) atoms. The lowest BCUT2D eigenvalue weighted by molar-refractivity contribution is -0.114. The Bertz CT molecular complexity index is 750. The highest BCUT2D eigenvalue weighted by Gasteiger charge is 2.13. The van der Waals surface area contributed by atoms with E-state index in [1.807, 2.05) is 0 Å². The lowest BCUT2D eigenvalue weighted by Gasteiger charge is -2.09. The number of carbonyl (C=O) groups is 2. The van der Waals surface area contributed by atoms with E-state index in [0.717, 1.165) is 18.2 Å². The molecule has 0 atom stereocenters. The minimum absolute atomic E-state index is 0.0401. The Labute approximate surface area is 130 Å². The molecule has 2 amide bonds. The maximum Gasteiger partial charge on any atom is 0.257 e. The van der Waals surface area contributed by atoms with Crippen molar-refractivity contribution >= 4 is 34.8 Å². The van der Waals surface area contributed by atoms with Gasteiger partial charge in [0.25, 0.3) is 5.91 Å². The van der Waals surface area contributed by atoms with Crippen molar-refractivity contribution in [2.45, 2.75) is 6.92 Å². The van der Waals surface area contributed by atoms with Crippen LogP contribution in [0.2, 0.25) is 5.02 Å². The standard InChI is InChI=1S/C15H11ClF2N2O2/c1-8(21)19-14-7-10(3-5-13(14)18)20-15(22)11-4-2-9(17)6-12(11)16/h2-7H,1H3,(H,19,21)(H,20,22). The quantitative estimate of drug-likeness (QED) is 0.901. The summed E-state index contributed by atoms with van der Waals surface area (Å²) in [6.45, 7) is 1.24. The molecule has 2 rings (SSSR count). The first-order chi connectivity index (χ1) is 10.4. The third-order valence-corrected chi connectivity index (χ3v) is 3.02. The highest BCUT2D eigenvalue weighted by Crippen LogP contribution is 2.22. The van der Waals surface area contributed by atoms with Crippen LogP contribution in [0.25, 0.3) is 0 Å². The smallest absolute Gasteiger partial charge is 0.257 e. The van der Waals surface area contributed by atoms with Crippen LogP contribution < -0.4 is 10.6 Å². The number of carbonyl (C=O) groups excluding carboxylic acids is 2. The topological polar surface area (TPSA) is 58.2 Å². The van der Waals surface area contributed by atoms with Crippen molar-refractivity contribution in [2.24, 2.45) is 0 Å². The van der Waals surface area contributed by atoms with Gasteiger partial charge in [-0.2, -0.15) is 0 Å². The van der Waals surface area contributed by atoms with Gasteiger partial charge in [0, 0.05) is 12.6 Å². The Morgan fingerprint density at radius 2 is 1.77 bits per heavy atom. The van der Waals surface area contributed by atoms with Crippen molar-refractivity contribution in [1.29, 1.82) is 0 Å². The summed E-state index contributed by atoms with van der Waals surface area (Å²) in [6.07, 6.45) is 0. The van der Waals surface area contributed by atoms with Crippen LogP contribution in [0, 0.1) is 11.6 Å². The van der Waals surface area contributed by atoms with Crippen molar-refractivity contribution in [3.05, 3.63) is 58.6 Å². The molecule has 0 bridgehead atoms. The molecular weight excluding hydrogens is 314 g/mol. The van der Waals surface area contributed by atoms with Gasteiger partial charge in [-0.25, -0.2) is 8.78 Å². The second kappa shape index (κ2) is 6.53. The number of rotatable bonds is 3. The number of halogens is 3. The van der Waals surface area contributed by atoms with E-state index >= 15 is 0 Å². The summed E-state index contributed by atoms with van der Waals surface area (Å²) in [6, 6.07) is 7.07. The van der Waals surface area contributed by atoms with E-state index < -0.39 is 23.4 Å². The number of benzene rings is 2. The van der Waals surface area contributed by atoms with Gasteiger partial charge in [0.1, 0.15) is 11.6 Å². The number of amides is 2. The summed E-state index contributed by atoms with van der Waals surface area (Å²) in [5, 5.41) is 4.76. The van der Waals surface area contributed by atoms with Crippen LogP contribution in [-0.2, 0) is 4.79 Å². The fourth-order valence-corrected chi connectivity index (χ4v) is 2.01. The van der Waals surface area contributed by atoms with Gasteiger partial charge in [0.05, 0.1) is 16.3 Å². The zero-order chi connectivity index (χ0) is 16.3. The Morgan fingerprint density at radius 1 is 1.05 bits per heavy atom. The maximum atomic E-state index is 13.5. The molecule has 0 aliphatic rings. The van der Waals surface area contributed by atoms with E-state index in [1.165, 1.54) is 25.1 Å². The van der Waals surface area contributed by atoms with Gasteiger partial charge >= 0.3 is 0 Å². The SMILES string of the molecule is CC(=O)Nc1cc(NC(=O)c2ccc(F)cc2Cl)ccc1F. The average Bonchev–Trinajstić information content (AvgIpc) is 2.41. The molecule has 0 saturated heterocycles. The van der Waals surface area contributed by atoms with Gasteiger partial charge in [0.2, 0.25) is 5.91 Å². The second-order valence-electron chi connectivity index (χ2n) is 4.45. The number of hydrogen-bond donors (Lipinski definition) is 2. The molecule has 0 saturated carbocycles. The number of anilines is 2. The van der Waals surface area contributed by atoms with Crippen LogP contribution in [0.15, 0.2) is 36.4 Å². The Morgan fingerprint density at radius 3 is 2.41 bits per heavy atom. The van der Waals surface area contributed by atoms with Gasteiger partial charge in [-0.05, 0) is 36.4 Å². The molecule has 0 fully saturated rings. The zero-order valence-electron chi connectivity index (χ0n) is 11.4. The van der Waals surface area contributed by atoms with Crippen LogP contribution in [0.3, 0.4) is 0 Å². The molecule has 0 aromatic heterocycles. The molecule has 0 aliphatic heterocycles. The highest BCUT2D eigenvalue weighted by molar-refractivity contribution is 6.34. The van der Waals surface area contributed by atoms with Crippen molar-refractivity contribution < 1.29 is 18.4 Å².